The lowest BCUT2D eigenvalue weighted by Gasteiger charge is -2.26. The molecule has 1 fully saturated rings. The zero-order chi connectivity index (χ0) is 6.91. The molecule has 1 aliphatic rings. The minimum Gasteiger partial charge on any atom is -0.364 e. The molecule has 0 aromatic heterocycles. The van der Waals surface area contributed by atoms with Gasteiger partial charge in [-0.1, -0.05) is 13.8 Å². The Morgan fingerprint density at radius 2 is 2.22 bits per heavy atom. The lowest BCUT2D eigenvalue weighted by Crippen LogP contribution is -2.26. The number of rotatable bonds is 1. The van der Waals surface area contributed by atoms with Gasteiger partial charge in [0.1, 0.15) is 4.93 Å². The van der Waals surface area contributed by atoms with Gasteiger partial charge in [0, 0.05) is 5.75 Å². The van der Waals surface area contributed by atoms with Gasteiger partial charge in [0.05, 0.1) is 6.61 Å². The van der Waals surface area contributed by atoms with Crippen LogP contribution in [0, 0.1) is 5.92 Å². The number of hydrogen-bond acceptors (Lipinski definition) is 2. The smallest absolute Gasteiger partial charge is 0.113 e. The minimum atomic E-state index is 0.111. The second kappa shape index (κ2) is 2.51. The first-order valence-corrected chi connectivity index (χ1v) is 4.41. The maximum atomic E-state index is 5.56. The van der Waals surface area contributed by atoms with E-state index in [9.17, 15) is 0 Å². The molecule has 0 spiro atoms. The van der Waals surface area contributed by atoms with E-state index in [1.165, 1.54) is 0 Å². The van der Waals surface area contributed by atoms with Crippen molar-refractivity contribution in [1.29, 1.82) is 0 Å². The van der Waals surface area contributed by atoms with Gasteiger partial charge in [0.2, 0.25) is 0 Å². The molecule has 0 amide bonds. The van der Waals surface area contributed by atoms with Crippen LogP contribution < -0.4 is 0 Å². The second-order valence-electron chi connectivity index (χ2n) is 2.87. The highest BCUT2D eigenvalue weighted by Gasteiger charge is 2.33. The van der Waals surface area contributed by atoms with E-state index in [0.29, 0.717) is 5.92 Å². The average Bonchev–Trinajstić information content (AvgIpc) is 2.16. The van der Waals surface area contributed by atoms with E-state index in [1.807, 2.05) is 11.8 Å². The van der Waals surface area contributed by atoms with Crippen LogP contribution in [0.3, 0.4) is 0 Å². The first-order valence-electron chi connectivity index (χ1n) is 3.43. The maximum Gasteiger partial charge on any atom is 0.113 e. The predicted molar refractivity (Wildman–Crippen MR) is 41.7 cm³/mol. The third-order valence-electron chi connectivity index (χ3n) is 1.91. The lowest BCUT2D eigenvalue weighted by atomic mass is 10.1. The fourth-order valence-electron chi connectivity index (χ4n) is 0.864. The highest BCUT2D eigenvalue weighted by molar-refractivity contribution is 8.00. The first-order chi connectivity index (χ1) is 4.15. The molecular formula is C7H14OS. The summed E-state index contributed by atoms with van der Waals surface area (Å²) in [4.78, 5) is 0.111. The Kier molecular flexibility index (Phi) is 2.07. The van der Waals surface area contributed by atoms with Gasteiger partial charge in [-0.3, -0.25) is 0 Å². The molecule has 0 radical (unpaired) electrons. The molecule has 54 valence electrons. The van der Waals surface area contributed by atoms with Crippen LogP contribution in [-0.4, -0.2) is 17.3 Å². The first kappa shape index (κ1) is 7.42. The van der Waals surface area contributed by atoms with Crippen molar-refractivity contribution in [3.8, 4) is 0 Å². The standard InChI is InChI=1S/C7H14OS/c1-6(2)7(3)8-4-5-9-7/h6H,4-5H2,1-3H3. The number of thioether (sulfide) groups is 1. The second-order valence-corrected chi connectivity index (χ2v) is 4.38. The van der Waals surface area contributed by atoms with E-state index in [4.69, 9.17) is 4.74 Å². The quantitative estimate of drug-likeness (QED) is 0.560. The van der Waals surface area contributed by atoms with Crippen molar-refractivity contribution in [3.63, 3.8) is 0 Å². The highest BCUT2D eigenvalue weighted by atomic mass is 32.2. The van der Waals surface area contributed by atoms with Gasteiger partial charge in [-0.05, 0) is 12.8 Å². The monoisotopic (exact) mass is 146 g/mol. The van der Waals surface area contributed by atoms with Gasteiger partial charge in [-0.25, -0.2) is 0 Å². The van der Waals surface area contributed by atoms with Crippen molar-refractivity contribution in [2.45, 2.75) is 25.7 Å². The van der Waals surface area contributed by atoms with Gasteiger partial charge in [-0.15, -0.1) is 11.8 Å². The fourth-order valence-corrected chi connectivity index (χ4v) is 1.94. The minimum absolute atomic E-state index is 0.111. The summed E-state index contributed by atoms with van der Waals surface area (Å²) in [7, 11) is 0. The molecule has 1 rings (SSSR count). The molecule has 0 saturated carbocycles. The molecule has 0 aromatic rings. The summed E-state index contributed by atoms with van der Waals surface area (Å²) in [5.74, 6) is 1.79. The van der Waals surface area contributed by atoms with Crippen LogP contribution in [0.5, 0.6) is 0 Å². The zero-order valence-corrected chi connectivity index (χ0v) is 7.12. The molecule has 1 heterocycles. The van der Waals surface area contributed by atoms with Crippen LogP contribution in [0.25, 0.3) is 0 Å². The summed E-state index contributed by atoms with van der Waals surface area (Å²) in [5, 5.41) is 0. The van der Waals surface area contributed by atoms with Gasteiger partial charge in [0.15, 0.2) is 0 Å². The predicted octanol–water partition coefficient (Wildman–Crippen LogP) is 2.12. The maximum absolute atomic E-state index is 5.56. The van der Waals surface area contributed by atoms with Crippen LogP contribution in [0.4, 0.5) is 0 Å². The molecule has 1 unspecified atom stereocenters. The summed E-state index contributed by atoms with van der Waals surface area (Å²) in [6, 6.07) is 0. The van der Waals surface area contributed by atoms with Crippen molar-refractivity contribution in [3.05, 3.63) is 0 Å². The van der Waals surface area contributed by atoms with Crippen LogP contribution in [0.2, 0.25) is 0 Å². The van der Waals surface area contributed by atoms with E-state index >= 15 is 0 Å². The van der Waals surface area contributed by atoms with Gasteiger partial charge >= 0.3 is 0 Å². The van der Waals surface area contributed by atoms with Crippen LogP contribution in [0.15, 0.2) is 0 Å². The average molecular weight is 146 g/mol. The Balaban J connectivity index is 2.51. The molecule has 9 heavy (non-hydrogen) atoms. The molecule has 0 aliphatic carbocycles. The van der Waals surface area contributed by atoms with Crippen LogP contribution in [-0.2, 0) is 4.74 Å². The van der Waals surface area contributed by atoms with E-state index in [1.54, 1.807) is 0 Å². The SMILES string of the molecule is CC(C)C1(C)OCCS1. The summed E-state index contributed by atoms with van der Waals surface area (Å²) >= 11 is 1.93. The Labute approximate surface area is 61.2 Å². The van der Waals surface area contributed by atoms with Crippen LogP contribution >= 0.6 is 11.8 Å². The third-order valence-corrected chi connectivity index (χ3v) is 3.44. The molecular weight excluding hydrogens is 132 g/mol. The van der Waals surface area contributed by atoms with Gasteiger partial charge in [-0.2, -0.15) is 0 Å². The topological polar surface area (TPSA) is 9.23 Å². The normalized spacial score (nSPS) is 36.0. The van der Waals surface area contributed by atoms with Gasteiger partial charge in [0.25, 0.3) is 0 Å². The Bertz CT molecular complexity index is 95.1. The Hall–Kier alpha value is 0.310. The lowest BCUT2D eigenvalue weighted by molar-refractivity contribution is 0.0317. The zero-order valence-electron chi connectivity index (χ0n) is 6.31. The number of ether oxygens (including phenoxy) is 1. The molecule has 1 saturated heterocycles. The Morgan fingerprint density at radius 1 is 1.56 bits per heavy atom. The van der Waals surface area contributed by atoms with E-state index in [-0.39, 0.29) is 4.93 Å². The summed E-state index contributed by atoms with van der Waals surface area (Å²) < 4.78 is 5.56. The molecule has 0 aromatic carbocycles. The van der Waals surface area contributed by atoms with Crippen molar-refractivity contribution < 1.29 is 4.74 Å². The molecule has 0 bridgehead atoms. The molecule has 2 heteroatoms. The highest BCUT2D eigenvalue weighted by Crippen LogP contribution is 2.38. The number of hydrogen-bond donors (Lipinski definition) is 0. The van der Waals surface area contributed by atoms with Crippen molar-refractivity contribution in [2.75, 3.05) is 12.4 Å². The van der Waals surface area contributed by atoms with Crippen molar-refractivity contribution in [2.24, 2.45) is 5.92 Å². The van der Waals surface area contributed by atoms with Gasteiger partial charge < -0.3 is 4.74 Å². The summed E-state index contributed by atoms with van der Waals surface area (Å²) in [6.45, 7) is 7.52. The molecule has 0 N–H and O–H groups in total. The van der Waals surface area contributed by atoms with Crippen LogP contribution in [0.1, 0.15) is 20.8 Å². The summed E-state index contributed by atoms with van der Waals surface area (Å²) in [6.07, 6.45) is 0. The van der Waals surface area contributed by atoms with Crippen molar-refractivity contribution in [1.82, 2.24) is 0 Å². The fraction of sp³-hybridized carbons (Fsp3) is 1.00. The summed E-state index contributed by atoms with van der Waals surface area (Å²) in [5.41, 5.74) is 0. The largest absolute Gasteiger partial charge is 0.364 e. The third kappa shape index (κ3) is 1.41. The molecule has 1 nitrogen and oxygen atoms in total. The van der Waals surface area contributed by atoms with E-state index in [0.717, 1.165) is 12.4 Å². The molecule has 1 atom stereocenters. The van der Waals surface area contributed by atoms with E-state index < -0.39 is 0 Å². The van der Waals surface area contributed by atoms with E-state index in [2.05, 4.69) is 20.8 Å². The Morgan fingerprint density at radius 3 is 2.44 bits per heavy atom. The molecule has 1 aliphatic heterocycles. The van der Waals surface area contributed by atoms with Crippen molar-refractivity contribution >= 4 is 11.8 Å².